The van der Waals surface area contributed by atoms with Gasteiger partial charge in [-0.05, 0) is 20.3 Å². The van der Waals surface area contributed by atoms with Crippen LogP contribution in [0.5, 0.6) is 0 Å². The summed E-state index contributed by atoms with van der Waals surface area (Å²) in [6.07, 6.45) is 2.51. The zero-order valence-electron chi connectivity index (χ0n) is 12.1. The van der Waals surface area contributed by atoms with E-state index >= 15 is 0 Å². The molecule has 0 unspecified atom stereocenters. The monoisotopic (exact) mass is 306 g/mol. The summed E-state index contributed by atoms with van der Waals surface area (Å²) >= 11 is 1.61. The number of aromatic nitrogens is 3. The molecule has 112 valence electrons. The number of carbonyl (C=O) groups excluding carboxylic acids is 1. The van der Waals surface area contributed by atoms with Gasteiger partial charge in [-0.15, -0.1) is 11.3 Å². The second-order valence-corrected chi connectivity index (χ2v) is 6.48. The number of carbonyl (C=O) groups is 1. The predicted octanol–water partition coefficient (Wildman–Crippen LogP) is 1.92. The molecule has 2 aromatic rings. The standard InChI is InChI=1S/C14H18N4O2S/c1-8-9(2)21-12(17-8)6-15-14(19)11-5-16-18-13(11)10-3-4-20-7-10/h5,10H,3-4,6-7H2,1-2H3,(H,15,19)(H,16,18)/t10-/m0/s1. The van der Waals surface area contributed by atoms with Gasteiger partial charge in [-0.25, -0.2) is 4.98 Å². The second-order valence-electron chi connectivity index (χ2n) is 5.19. The number of H-pyrrole nitrogens is 1. The lowest BCUT2D eigenvalue weighted by atomic mass is 10.0. The number of rotatable bonds is 4. The lowest BCUT2D eigenvalue weighted by Gasteiger charge is -2.08. The quantitative estimate of drug-likeness (QED) is 0.904. The largest absolute Gasteiger partial charge is 0.381 e. The molecule has 0 aromatic carbocycles. The van der Waals surface area contributed by atoms with Crippen LogP contribution in [0.2, 0.25) is 0 Å². The van der Waals surface area contributed by atoms with E-state index < -0.39 is 0 Å². The minimum absolute atomic E-state index is 0.115. The van der Waals surface area contributed by atoms with E-state index in [4.69, 9.17) is 4.74 Å². The molecule has 1 aliphatic rings. The van der Waals surface area contributed by atoms with Gasteiger partial charge in [-0.2, -0.15) is 5.10 Å². The van der Waals surface area contributed by atoms with Gasteiger partial charge in [0.15, 0.2) is 0 Å². The minimum Gasteiger partial charge on any atom is -0.381 e. The van der Waals surface area contributed by atoms with Crippen molar-refractivity contribution in [2.75, 3.05) is 13.2 Å². The summed E-state index contributed by atoms with van der Waals surface area (Å²) < 4.78 is 5.37. The Kier molecular flexibility index (Phi) is 4.03. The maximum atomic E-state index is 12.3. The molecule has 0 radical (unpaired) electrons. The fourth-order valence-electron chi connectivity index (χ4n) is 2.42. The third-order valence-electron chi connectivity index (χ3n) is 3.72. The summed E-state index contributed by atoms with van der Waals surface area (Å²) in [6, 6.07) is 0. The van der Waals surface area contributed by atoms with Crippen LogP contribution in [0.4, 0.5) is 0 Å². The van der Waals surface area contributed by atoms with Gasteiger partial charge in [-0.1, -0.05) is 0 Å². The van der Waals surface area contributed by atoms with Crippen LogP contribution in [0, 0.1) is 13.8 Å². The summed E-state index contributed by atoms with van der Waals surface area (Å²) in [7, 11) is 0. The van der Waals surface area contributed by atoms with Crippen LogP contribution in [0.15, 0.2) is 6.20 Å². The first kappa shape index (κ1) is 14.2. The van der Waals surface area contributed by atoms with Crippen molar-refractivity contribution < 1.29 is 9.53 Å². The van der Waals surface area contributed by atoms with Crippen molar-refractivity contribution in [3.8, 4) is 0 Å². The van der Waals surface area contributed by atoms with E-state index in [-0.39, 0.29) is 11.8 Å². The summed E-state index contributed by atoms with van der Waals surface area (Å²) in [5.74, 6) is 0.119. The number of nitrogens with one attached hydrogen (secondary N) is 2. The highest BCUT2D eigenvalue weighted by atomic mass is 32.1. The molecule has 1 atom stereocenters. The Balaban J connectivity index is 1.67. The highest BCUT2D eigenvalue weighted by molar-refractivity contribution is 7.11. The van der Waals surface area contributed by atoms with Gasteiger partial charge >= 0.3 is 0 Å². The Morgan fingerprint density at radius 1 is 1.57 bits per heavy atom. The Morgan fingerprint density at radius 3 is 3.10 bits per heavy atom. The maximum absolute atomic E-state index is 12.3. The number of aromatic amines is 1. The topological polar surface area (TPSA) is 79.9 Å². The van der Waals surface area contributed by atoms with Crippen LogP contribution in [0.1, 0.15) is 44.0 Å². The summed E-state index contributed by atoms with van der Waals surface area (Å²) in [6.45, 7) is 5.84. The molecule has 3 rings (SSSR count). The Labute approximate surface area is 126 Å². The molecular weight excluding hydrogens is 288 g/mol. The van der Waals surface area contributed by atoms with Gasteiger partial charge in [0, 0.05) is 17.4 Å². The maximum Gasteiger partial charge on any atom is 0.255 e. The lowest BCUT2D eigenvalue weighted by molar-refractivity contribution is 0.0949. The molecule has 0 saturated carbocycles. The lowest BCUT2D eigenvalue weighted by Crippen LogP contribution is -2.24. The molecule has 7 heteroatoms. The Morgan fingerprint density at radius 2 is 2.43 bits per heavy atom. The average molecular weight is 306 g/mol. The van der Waals surface area contributed by atoms with Crippen LogP contribution < -0.4 is 5.32 Å². The van der Waals surface area contributed by atoms with Gasteiger partial charge in [0.05, 0.1) is 36.3 Å². The van der Waals surface area contributed by atoms with E-state index in [1.165, 1.54) is 4.88 Å². The minimum atomic E-state index is -0.115. The normalized spacial score (nSPS) is 18.1. The van der Waals surface area contributed by atoms with Gasteiger partial charge in [0.1, 0.15) is 5.01 Å². The van der Waals surface area contributed by atoms with E-state index in [1.54, 1.807) is 17.5 Å². The van der Waals surface area contributed by atoms with Crippen molar-refractivity contribution in [1.29, 1.82) is 0 Å². The molecular formula is C14H18N4O2S. The third-order valence-corrected chi connectivity index (χ3v) is 4.80. The Hall–Kier alpha value is -1.73. The number of hydrogen-bond acceptors (Lipinski definition) is 5. The van der Waals surface area contributed by atoms with Crippen LogP contribution in [0.25, 0.3) is 0 Å². The van der Waals surface area contributed by atoms with Crippen LogP contribution in [-0.4, -0.2) is 34.3 Å². The highest BCUT2D eigenvalue weighted by Gasteiger charge is 2.25. The number of hydrogen-bond donors (Lipinski definition) is 2. The number of nitrogens with zero attached hydrogens (tertiary/aromatic N) is 2. The molecule has 3 heterocycles. The van der Waals surface area contributed by atoms with E-state index in [0.717, 1.165) is 29.4 Å². The molecule has 1 fully saturated rings. The second kappa shape index (κ2) is 5.95. The van der Waals surface area contributed by atoms with Gasteiger partial charge < -0.3 is 10.1 Å². The van der Waals surface area contributed by atoms with Gasteiger partial charge in [-0.3, -0.25) is 9.89 Å². The Bertz CT molecular complexity index is 624. The molecule has 0 spiro atoms. The molecule has 1 amide bonds. The van der Waals surface area contributed by atoms with Crippen molar-refractivity contribution in [1.82, 2.24) is 20.5 Å². The predicted molar refractivity (Wildman–Crippen MR) is 79.5 cm³/mol. The number of amides is 1. The molecule has 0 aliphatic carbocycles. The molecule has 0 bridgehead atoms. The smallest absolute Gasteiger partial charge is 0.255 e. The zero-order chi connectivity index (χ0) is 14.8. The summed E-state index contributed by atoms with van der Waals surface area (Å²) in [5.41, 5.74) is 2.50. The van der Waals surface area contributed by atoms with Crippen molar-refractivity contribution in [3.63, 3.8) is 0 Å². The van der Waals surface area contributed by atoms with Crippen molar-refractivity contribution in [3.05, 3.63) is 33.0 Å². The number of aryl methyl sites for hydroxylation is 2. The van der Waals surface area contributed by atoms with Gasteiger partial charge in [0.25, 0.3) is 5.91 Å². The number of thiazole rings is 1. The number of ether oxygens (including phenoxy) is 1. The van der Waals surface area contributed by atoms with Crippen molar-refractivity contribution in [2.24, 2.45) is 0 Å². The molecule has 6 nitrogen and oxygen atoms in total. The molecule has 1 saturated heterocycles. The van der Waals surface area contributed by atoms with E-state index in [2.05, 4.69) is 20.5 Å². The average Bonchev–Trinajstić information content (AvgIpc) is 3.17. The highest BCUT2D eigenvalue weighted by Crippen LogP contribution is 2.26. The summed E-state index contributed by atoms with van der Waals surface area (Å²) in [4.78, 5) is 17.9. The van der Waals surface area contributed by atoms with Crippen LogP contribution in [0.3, 0.4) is 0 Å². The van der Waals surface area contributed by atoms with E-state index in [1.807, 2.05) is 13.8 Å². The van der Waals surface area contributed by atoms with E-state index in [0.29, 0.717) is 18.7 Å². The summed E-state index contributed by atoms with van der Waals surface area (Å²) in [5, 5.41) is 10.8. The molecule has 2 N–H and O–H groups in total. The first-order valence-corrected chi connectivity index (χ1v) is 7.79. The van der Waals surface area contributed by atoms with Crippen LogP contribution in [-0.2, 0) is 11.3 Å². The third kappa shape index (κ3) is 2.98. The molecule has 21 heavy (non-hydrogen) atoms. The van der Waals surface area contributed by atoms with Crippen molar-refractivity contribution >= 4 is 17.2 Å². The molecule has 2 aromatic heterocycles. The van der Waals surface area contributed by atoms with Gasteiger partial charge in [0.2, 0.25) is 0 Å². The molecule has 1 aliphatic heterocycles. The fourth-order valence-corrected chi connectivity index (χ4v) is 3.29. The van der Waals surface area contributed by atoms with E-state index in [9.17, 15) is 4.79 Å². The SMILES string of the molecule is Cc1nc(CNC(=O)c2cn[nH]c2[C@H]2CCOC2)sc1C. The van der Waals surface area contributed by atoms with Crippen LogP contribution >= 0.6 is 11.3 Å². The first-order chi connectivity index (χ1) is 10.1. The zero-order valence-corrected chi connectivity index (χ0v) is 12.9. The fraction of sp³-hybridized carbons (Fsp3) is 0.500. The first-order valence-electron chi connectivity index (χ1n) is 6.97. The van der Waals surface area contributed by atoms with Crippen molar-refractivity contribution in [2.45, 2.75) is 32.7 Å².